The number of halogens is 5. The van der Waals surface area contributed by atoms with Gasteiger partial charge in [0, 0.05) is 18.8 Å². The Bertz CT molecular complexity index is 818. The van der Waals surface area contributed by atoms with Crippen LogP contribution in [-0.4, -0.2) is 10.5 Å². The fourth-order valence-corrected chi connectivity index (χ4v) is 2.13. The molecule has 0 radical (unpaired) electrons. The van der Waals surface area contributed by atoms with Crippen LogP contribution in [-0.2, 0) is 24.1 Å². The van der Waals surface area contributed by atoms with Crippen LogP contribution in [0.15, 0.2) is 45.8 Å². The number of hydrogen-bond acceptors (Lipinski definition) is 2. The van der Waals surface area contributed by atoms with E-state index in [-0.39, 0.29) is 11.0 Å². The van der Waals surface area contributed by atoms with Crippen molar-refractivity contribution in [2.75, 3.05) is 0 Å². The predicted octanol–water partition coefficient (Wildman–Crippen LogP) is 3.09. The van der Waals surface area contributed by atoms with Gasteiger partial charge >= 0.3 is 6.18 Å². The summed E-state index contributed by atoms with van der Waals surface area (Å²) >= 11 is 2.99. The Morgan fingerprint density at radius 1 is 1.21 bits per heavy atom. The Balaban J connectivity index is 2.04. The molecule has 0 aliphatic carbocycles. The third-order valence-corrected chi connectivity index (χ3v) is 3.74. The highest BCUT2D eigenvalue weighted by Crippen LogP contribution is 2.27. The molecule has 2 rings (SSSR count). The molecule has 0 atom stereocenters. The molecule has 0 spiro atoms. The van der Waals surface area contributed by atoms with E-state index in [1.54, 1.807) is 6.07 Å². The fourth-order valence-electron chi connectivity index (χ4n) is 1.88. The topological polar surface area (TPSA) is 51.1 Å². The molecule has 1 heterocycles. The smallest absolute Gasteiger partial charge is 0.350 e. The molecule has 0 fully saturated rings. The molecule has 9 heteroatoms. The van der Waals surface area contributed by atoms with E-state index in [0.717, 1.165) is 6.07 Å². The van der Waals surface area contributed by atoms with E-state index in [1.807, 2.05) is 0 Å². The van der Waals surface area contributed by atoms with Crippen LogP contribution in [0, 0.1) is 5.82 Å². The second-order valence-corrected chi connectivity index (χ2v) is 5.76. The van der Waals surface area contributed by atoms with Gasteiger partial charge in [0.05, 0.1) is 10.0 Å². The third kappa shape index (κ3) is 4.67. The number of carbonyl (C=O) groups excluding carboxylic acids is 1. The second-order valence-electron chi connectivity index (χ2n) is 4.91. The van der Waals surface area contributed by atoms with E-state index in [2.05, 4.69) is 21.2 Å². The molecule has 2 aromatic rings. The molecule has 1 aromatic heterocycles. The first-order valence-electron chi connectivity index (χ1n) is 6.65. The molecule has 1 N–H and O–H groups in total. The summed E-state index contributed by atoms with van der Waals surface area (Å²) in [4.78, 5) is 23.3. The Labute approximate surface area is 142 Å². The summed E-state index contributed by atoms with van der Waals surface area (Å²) in [7, 11) is 0. The summed E-state index contributed by atoms with van der Waals surface area (Å²) in [5, 5.41) is 2.42. The van der Waals surface area contributed by atoms with Gasteiger partial charge in [-0.05, 0) is 39.7 Å². The number of aromatic nitrogens is 1. The lowest BCUT2D eigenvalue weighted by Gasteiger charge is -2.11. The summed E-state index contributed by atoms with van der Waals surface area (Å²) in [5.74, 6) is -1.17. The first-order chi connectivity index (χ1) is 11.2. The van der Waals surface area contributed by atoms with Crippen molar-refractivity contribution in [3.05, 3.63) is 68.3 Å². The molecule has 24 heavy (non-hydrogen) atoms. The molecular weight excluding hydrogens is 396 g/mol. The largest absolute Gasteiger partial charge is 0.417 e. The minimum Gasteiger partial charge on any atom is -0.350 e. The number of alkyl halides is 3. The Kier molecular flexibility index (Phi) is 5.43. The molecule has 4 nitrogen and oxygen atoms in total. The van der Waals surface area contributed by atoms with Crippen molar-refractivity contribution in [1.29, 1.82) is 0 Å². The fraction of sp³-hybridized carbons (Fsp3) is 0.200. The van der Waals surface area contributed by atoms with Crippen LogP contribution in [0.25, 0.3) is 0 Å². The van der Waals surface area contributed by atoms with Gasteiger partial charge in [0.1, 0.15) is 12.4 Å². The van der Waals surface area contributed by atoms with Crippen LogP contribution < -0.4 is 10.9 Å². The zero-order valence-electron chi connectivity index (χ0n) is 12.0. The monoisotopic (exact) mass is 406 g/mol. The standard InChI is InChI=1S/C15H11BrF4N2O2/c16-11-3-1-9(5-12(11)17)6-21-13(23)8-22-7-10(15(18,19)20)2-4-14(22)24/h1-5,7H,6,8H2,(H,21,23). The first-order valence-corrected chi connectivity index (χ1v) is 7.44. The van der Waals surface area contributed by atoms with Crippen molar-refractivity contribution in [2.24, 2.45) is 0 Å². The van der Waals surface area contributed by atoms with Crippen LogP contribution in [0.2, 0.25) is 0 Å². The first kappa shape index (κ1) is 18.2. The highest BCUT2D eigenvalue weighted by molar-refractivity contribution is 9.10. The third-order valence-electron chi connectivity index (χ3n) is 3.10. The maximum Gasteiger partial charge on any atom is 0.417 e. The molecule has 0 saturated carbocycles. The molecular formula is C15H11BrF4N2O2. The van der Waals surface area contributed by atoms with Crippen molar-refractivity contribution in [3.8, 4) is 0 Å². The number of carbonyl (C=O) groups is 1. The molecule has 0 bridgehead atoms. The van der Waals surface area contributed by atoms with Gasteiger partial charge < -0.3 is 9.88 Å². The normalized spacial score (nSPS) is 11.4. The molecule has 0 aliphatic heterocycles. The van der Waals surface area contributed by atoms with Gasteiger partial charge in [-0.2, -0.15) is 13.2 Å². The molecule has 1 aromatic carbocycles. The zero-order valence-corrected chi connectivity index (χ0v) is 13.6. The minimum absolute atomic E-state index is 0.0171. The number of nitrogens with zero attached hydrogens (tertiary/aromatic N) is 1. The maximum atomic E-state index is 13.3. The number of benzene rings is 1. The van der Waals surface area contributed by atoms with Gasteiger partial charge in [-0.1, -0.05) is 6.07 Å². The Morgan fingerprint density at radius 3 is 2.54 bits per heavy atom. The second kappa shape index (κ2) is 7.16. The Hall–Kier alpha value is -2.16. The quantitative estimate of drug-likeness (QED) is 0.793. The SMILES string of the molecule is O=C(Cn1cc(C(F)(F)F)ccc1=O)NCc1ccc(Br)c(F)c1. The summed E-state index contributed by atoms with van der Waals surface area (Å²) in [6, 6.07) is 5.65. The summed E-state index contributed by atoms with van der Waals surface area (Å²) in [5.41, 5.74) is -1.28. The summed E-state index contributed by atoms with van der Waals surface area (Å²) in [6.45, 7) is -0.585. The number of rotatable bonds is 4. The maximum absolute atomic E-state index is 13.3. The van der Waals surface area contributed by atoms with E-state index < -0.39 is 35.6 Å². The summed E-state index contributed by atoms with van der Waals surface area (Å²) in [6.07, 6.45) is -4.03. The van der Waals surface area contributed by atoms with E-state index in [4.69, 9.17) is 0 Å². The van der Waals surface area contributed by atoms with Gasteiger partial charge in [0.15, 0.2) is 0 Å². The zero-order chi connectivity index (χ0) is 17.9. The van der Waals surface area contributed by atoms with Gasteiger partial charge in [0.2, 0.25) is 5.91 Å². The predicted molar refractivity (Wildman–Crippen MR) is 81.7 cm³/mol. The lowest BCUT2D eigenvalue weighted by molar-refractivity contribution is -0.138. The molecule has 0 saturated heterocycles. The summed E-state index contributed by atoms with van der Waals surface area (Å²) < 4.78 is 52.2. The number of pyridine rings is 1. The average molecular weight is 407 g/mol. The number of amides is 1. The lowest BCUT2D eigenvalue weighted by Crippen LogP contribution is -2.32. The molecule has 128 valence electrons. The van der Waals surface area contributed by atoms with Crippen molar-refractivity contribution in [2.45, 2.75) is 19.3 Å². The lowest BCUT2D eigenvalue weighted by atomic mass is 10.2. The average Bonchev–Trinajstić information content (AvgIpc) is 2.49. The van der Waals surface area contributed by atoms with E-state index in [1.165, 1.54) is 12.1 Å². The minimum atomic E-state index is -4.61. The molecule has 0 unspecified atom stereocenters. The molecule has 0 aliphatic rings. The van der Waals surface area contributed by atoms with Crippen LogP contribution >= 0.6 is 15.9 Å². The van der Waals surface area contributed by atoms with Crippen molar-refractivity contribution in [1.82, 2.24) is 9.88 Å². The van der Waals surface area contributed by atoms with Gasteiger partial charge in [-0.3, -0.25) is 9.59 Å². The van der Waals surface area contributed by atoms with Crippen LogP contribution in [0.1, 0.15) is 11.1 Å². The van der Waals surface area contributed by atoms with Gasteiger partial charge in [0.25, 0.3) is 5.56 Å². The molecule has 1 amide bonds. The van der Waals surface area contributed by atoms with E-state index in [0.29, 0.717) is 22.4 Å². The van der Waals surface area contributed by atoms with Crippen molar-refractivity contribution in [3.63, 3.8) is 0 Å². The van der Waals surface area contributed by atoms with Crippen molar-refractivity contribution < 1.29 is 22.4 Å². The van der Waals surface area contributed by atoms with Crippen LogP contribution in [0.5, 0.6) is 0 Å². The van der Waals surface area contributed by atoms with E-state index >= 15 is 0 Å². The number of hydrogen-bond donors (Lipinski definition) is 1. The Morgan fingerprint density at radius 2 is 1.92 bits per heavy atom. The highest BCUT2D eigenvalue weighted by atomic mass is 79.9. The van der Waals surface area contributed by atoms with Gasteiger partial charge in [-0.25, -0.2) is 4.39 Å². The van der Waals surface area contributed by atoms with Crippen molar-refractivity contribution >= 4 is 21.8 Å². The van der Waals surface area contributed by atoms with Gasteiger partial charge in [-0.15, -0.1) is 0 Å². The van der Waals surface area contributed by atoms with E-state index in [9.17, 15) is 27.2 Å². The van der Waals surface area contributed by atoms with Crippen LogP contribution in [0.3, 0.4) is 0 Å². The highest BCUT2D eigenvalue weighted by Gasteiger charge is 2.31. The number of nitrogens with one attached hydrogen (secondary N) is 1. The van der Waals surface area contributed by atoms with Crippen LogP contribution in [0.4, 0.5) is 17.6 Å².